The summed E-state index contributed by atoms with van der Waals surface area (Å²) in [5.74, 6) is 1.54. The van der Waals surface area contributed by atoms with Crippen molar-refractivity contribution in [2.75, 3.05) is 21.3 Å². The molecule has 0 saturated carbocycles. The number of allylic oxidation sites excluding steroid dienone is 1. The van der Waals surface area contributed by atoms with Gasteiger partial charge in [0, 0.05) is 5.69 Å². The maximum atomic E-state index is 9.75. The van der Waals surface area contributed by atoms with Crippen LogP contribution < -0.4 is 24.7 Å². The van der Waals surface area contributed by atoms with Crippen LogP contribution in [0.3, 0.4) is 0 Å². The Morgan fingerprint density at radius 1 is 1.19 bits per heavy atom. The number of H-pyrrole nitrogens is 1. The summed E-state index contributed by atoms with van der Waals surface area (Å²) >= 11 is 0. The summed E-state index contributed by atoms with van der Waals surface area (Å²) in [6, 6.07) is 5.79. The van der Waals surface area contributed by atoms with Crippen LogP contribution in [0, 0.1) is 11.3 Å². The molecule has 1 aromatic heterocycles. The van der Waals surface area contributed by atoms with Crippen LogP contribution in [0.15, 0.2) is 23.6 Å². The van der Waals surface area contributed by atoms with E-state index in [-0.39, 0.29) is 11.8 Å². The van der Waals surface area contributed by atoms with Crippen LogP contribution in [0.25, 0.3) is 0 Å². The summed E-state index contributed by atoms with van der Waals surface area (Å²) in [5, 5.41) is 17.0. The average molecular weight is 370 g/mol. The van der Waals surface area contributed by atoms with Crippen LogP contribution in [0.1, 0.15) is 42.5 Å². The zero-order valence-corrected chi connectivity index (χ0v) is 15.9. The highest BCUT2D eigenvalue weighted by molar-refractivity contribution is 5.61. The highest BCUT2D eigenvalue weighted by Crippen LogP contribution is 2.48. The Hall–Kier alpha value is -3.34. The summed E-state index contributed by atoms with van der Waals surface area (Å²) in [4.78, 5) is 0. The molecule has 2 aromatic rings. The third kappa shape index (κ3) is 2.91. The van der Waals surface area contributed by atoms with Crippen molar-refractivity contribution in [3.63, 3.8) is 0 Å². The lowest BCUT2D eigenvalue weighted by Crippen LogP contribution is -2.21. The molecule has 1 aliphatic rings. The second-order valence-electron chi connectivity index (χ2n) is 6.39. The van der Waals surface area contributed by atoms with Gasteiger partial charge in [0.2, 0.25) is 17.5 Å². The Morgan fingerprint density at radius 2 is 1.81 bits per heavy atom. The number of benzene rings is 1. The molecule has 0 bridgehead atoms. The van der Waals surface area contributed by atoms with Gasteiger partial charge in [0.15, 0.2) is 11.5 Å². The molecule has 2 heterocycles. The Labute approximate surface area is 157 Å². The first-order chi connectivity index (χ1) is 13.0. The summed E-state index contributed by atoms with van der Waals surface area (Å²) in [7, 11) is 4.63. The highest BCUT2D eigenvalue weighted by atomic mass is 16.5. The van der Waals surface area contributed by atoms with Crippen molar-refractivity contribution in [3.05, 3.63) is 40.4 Å². The van der Waals surface area contributed by atoms with Crippen LogP contribution in [-0.2, 0) is 0 Å². The molecule has 27 heavy (non-hydrogen) atoms. The molecule has 0 saturated heterocycles. The molecule has 0 amide bonds. The van der Waals surface area contributed by atoms with Crippen molar-refractivity contribution < 1.29 is 18.9 Å². The highest BCUT2D eigenvalue weighted by Gasteiger charge is 2.36. The van der Waals surface area contributed by atoms with Crippen LogP contribution in [-0.4, -0.2) is 31.5 Å². The number of aromatic nitrogens is 2. The molecular formula is C19H22N4O4. The molecule has 142 valence electrons. The minimum Gasteiger partial charge on any atom is -0.493 e. The summed E-state index contributed by atoms with van der Waals surface area (Å²) in [5.41, 5.74) is 8.74. The average Bonchev–Trinajstić information content (AvgIpc) is 3.09. The smallest absolute Gasteiger partial charge is 0.244 e. The van der Waals surface area contributed by atoms with Gasteiger partial charge in [0.05, 0.1) is 32.8 Å². The van der Waals surface area contributed by atoms with E-state index in [1.807, 2.05) is 26.0 Å². The van der Waals surface area contributed by atoms with Gasteiger partial charge in [-0.15, -0.1) is 5.10 Å². The third-order valence-electron chi connectivity index (χ3n) is 4.57. The molecule has 1 aromatic carbocycles. The van der Waals surface area contributed by atoms with Crippen molar-refractivity contribution in [2.24, 2.45) is 5.73 Å². The van der Waals surface area contributed by atoms with Gasteiger partial charge >= 0.3 is 0 Å². The maximum Gasteiger partial charge on any atom is 0.244 e. The van der Waals surface area contributed by atoms with Gasteiger partial charge in [-0.05, 0) is 23.6 Å². The Bertz CT molecular complexity index is 915. The van der Waals surface area contributed by atoms with Crippen molar-refractivity contribution in [3.8, 4) is 29.2 Å². The van der Waals surface area contributed by atoms with Crippen LogP contribution in [0.5, 0.6) is 23.1 Å². The number of fused-ring (bicyclic) bond motifs is 1. The number of nitrogens with one attached hydrogen (secondary N) is 1. The quantitative estimate of drug-likeness (QED) is 0.831. The van der Waals surface area contributed by atoms with Gasteiger partial charge in [0.1, 0.15) is 11.6 Å². The monoisotopic (exact) mass is 370 g/mol. The number of nitrogens with two attached hydrogens (primary N) is 1. The number of aromatic amines is 1. The number of methoxy groups -OCH3 is 3. The van der Waals surface area contributed by atoms with E-state index in [0.717, 1.165) is 16.8 Å². The van der Waals surface area contributed by atoms with E-state index in [1.165, 1.54) is 7.11 Å². The van der Waals surface area contributed by atoms with Gasteiger partial charge in [-0.2, -0.15) is 5.26 Å². The third-order valence-corrected chi connectivity index (χ3v) is 4.57. The second kappa shape index (κ2) is 7.11. The maximum absolute atomic E-state index is 9.75. The molecule has 1 atom stereocenters. The van der Waals surface area contributed by atoms with Crippen LogP contribution in [0.2, 0.25) is 0 Å². The first-order valence-corrected chi connectivity index (χ1v) is 8.42. The predicted molar refractivity (Wildman–Crippen MR) is 98.1 cm³/mol. The summed E-state index contributed by atoms with van der Waals surface area (Å²) in [6.45, 7) is 4.07. The van der Waals surface area contributed by atoms with E-state index in [0.29, 0.717) is 28.7 Å². The molecule has 0 aliphatic carbocycles. The van der Waals surface area contributed by atoms with E-state index in [9.17, 15) is 5.26 Å². The lowest BCUT2D eigenvalue weighted by Gasteiger charge is -2.26. The molecule has 8 heteroatoms. The number of nitriles is 1. The fourth-order valence-corrected chi connectivity index (χ4v) is 3.31. The van der Waals surface area contributed by atoms with Crippen molar-refractivity contribution >= 4 is 0 Å². The van der Waals surface area contributed by atoms with E-state index in [2.05, 4.69) is 16.3 Å². The van der Waals surface area contributed by atoms with Gasteiger partial charge in [-0.1, -0.05) is 13.8 Å². The molecule has 3 rings (SSSR count). The first-order valence-electron chi connectivity index (χ1n) is 8.42. The SMILES string of the molecule is COc1cc([C@H]2C(C#N)=C(N)Oc3n[nH]c(C(C)C)c32)cc(OC)c1OC. The van der Waals surface area contributed by atoms with Crippen LogP contribution >= 0.6 is 0 Å². The molecule has 8 nitrogen and oxygen atoms in total. The number of rotatable bonds is 5. The number of hydrogen-bond donors (Lipinski definition) is 2. The topological polar surface area (TPSA) is 115 Å². The Kier molecular flexibility index (Phi) is 4.86. The molecule has 0 spiro atoms. The molecule has 0 unspecified atom stereocenters. The van der Waals surface area contributed by atoms with E-state index < -0.39 is 5.92 Å². The zero-order chi connectivity index (χ0) is 19.7. The van der Waals surface area contributed by atoms with E-state index in [1.54, 1.807) is 14.2 Å². The Morgan fingerprint density at radius 3 is 2.30 bits per heavy atom. The first kappa shape index (κ1) is 18.5. The molecule has 0 fully saturated rings. The molecule has 0 radical (unpaired) electrons. The number of ether oxygens (including phenoxy) is 4. The van der Waals surface area contributed by atoms with E-state index in [4.69, 9.17) is 24.7 Å². The lowest BCUT2D eigenvalue weighted by atomic mass is 9.82. The lowest BCUT2D eigenvalue weighted by molar-refractivity contribution is 0.323. The largest absolute Gasteiger partial charge is 0.493 e. The van der Waals surface area contributed by atoms with E-state index >= 15 is 0 Å². The standard InChI is InChI=1S/C19H22N4O4/c1-9(2)16-15-14(11(8-20)18(21)27-19(15)23-22-16)10-6-12(24-3)17(26-5)13(7-10)25-4/h6-7,9,14H,21H2,1-5H3,(H,22,23)/t14-/m0/s1. The zero-order valence-electron chi connectivity index (χ0n) is 15.9. The van der Waals surface area contributed by atoms with Crippen molar-refractivity contribution in [1.82, 2.24) is 10.2 Å². The normalized spacial score (nSPS) is 15.8. The van der Waals surface area contributed by atoms with Gasteiger partial charge in [-0.25, -0.2) is 0 Å². The van der Waals surface area contributed by atoms with Crippen LogP contribution in [0.4, 0.5) is 0 Å². The molecule has 3 N–H and O–H groups in total. The van der Waals surface area contributed by atoms with Gasteiger partial charge in [0.25, 0.3) is 0 Å². The van der Waals surface area contributed by atoms with Gasteiger partial charge < -0.3 is 24.7 Å². The van der Waals surface area contributed by atoms with Gasteiger partial charge in [-0.3, -0.25) is 5.10 Å². The number of hydrogen-bond acceptors (Lipinski definition) is 7. The summed E-state index contributed by atoms with van der Waals surface area (Å²) < 4.78 is 21.9. The molecule has 1 aliphatic heterocycles. The number of nitrogens with zero attached hydrogens (tertiary/aromatic N) is 2. The molecular weight excluding hydrogens is 348 g/mol. The van der Waals surface area contributed by atoms with Crippen molar-refractivity contribution in [2.45, 2.75) is 25.7 Å². The fourth-order valence-electron chi connectivity index (χ4n) is 3.31. The van der Waals surface area contributed by atoms with Crippen molar-refractivity contribution in [1.29, 1.82) is 5.26 Å². The minimum absolute atomic E-state index is 0.0329. The minimum atomic E-state index is -0.469. The predicted octanol–water partition coefficient (Wildman–Crippen LogP) is 2.78. The summed E-state index contributed by atoms with van der Waals surface area (Å²) in [6.07, 6.45) is 0. The fraction of sp³-hybridized carbons (Fsp3) is 0.368. The Balaban J connectivity index is 2.30. The second-order valence-corrected chi connectivity index (χ2v) is 6.39.